The van der Waals surface area contributed by atoms with Gasteiger partial charge in [-0.2, -0.15) is 0 Å². The molecular formula is C4H8FeO5. The molecule has 0 radical (unpaired) electrons. The number of hydrogen-bond donors (Lipinski definition) is 4. The molecule has 0 bridgehead atoms. The van der Waals surface area contributed by atoms with E-state index in [2.05, 4.69) is 0 Å². The van der Waals surface area contributed by atoms with E-state index in [1.54, 1.807) is 0 Å². The molecule has 10 heavy (non-hydrogen) atoms. The summed E-state index contributed by atoms with van der Waals surface area (Å²) in [7, 11) is 0. The number of aliphatic hydroxyl groups excluding tert-OH is 3. The van der Waals surface area contributed by atoms with Crippen LogP contribution < -0.4 is 0 Å². The Balaban J connectivity index is 0. The molecule has 0 aliphatic heterocycles. The SMILES string of the molecule is O=C(O)C(O)C(O)CO.[Fe]. The van der Waals surface area contributed by atoms with Gasteiger partial charge >= 0.3 is 5.97 Å². The van der Waals surface area contributed by atoms with Crippen molar-refractivity contribution < 1.29 is 42.3 Å². The molecule has 2 unspecified atom stereocenters. The van der Waals surface area contributed by atoms with Gasteiger partial charge in [-0.1, -0.05) is 0 Å². The summed E-state index contributed by atoms with van der Waals surface area (Å²) in [4.78, 5) is 9.78. The van der Waals surface area contributed by atoms with Crippen LogP contribution >= 0.6 is 0 Å². The standard InChI is InChI=1S/C4H8O5.Fe/c5-1-2(6)3(7)4(8)9;/h2-3,5-7H,1H2,(H,8,9);. The van der Waals surface area contributed by atoms with Gasteiger partial charge in [-0.15, -0.1) is 0 Å². The molecule has 0 heterocycles. The van der Waals surface area contributed by atoms with Gasteiger partial charge in [0.05, 0.1) is 6.61 Å². The number of aliphatic carboxylic acids is 1. The largest absolute Gasteiger partial charge is 0.479 e. The second-order valence-electron chi connectivity index (χ2n) is 1.53. The van der Waals surface area contributed by atoms with Gasteiger partial charge in [0.1, 0.15) is 6.10 Å². The zero-order valence-electron chi connectivity index (χ0n) is 4.91. The van der Waals surface area contributed by atoms with Crippen LogP contribution in [-0.2, 0) is 21.9 Å². The smallest absolute Gasteiger partial charge is 0.335 e. The molecule has 0 aromatic carbocycles. The summed E-state index contributed by atoms with van der Waals surface area (Å²) in [5, 5.41) is 32.8. The van der Waals surface area contributed by atoms with Crippen molar-refractivity contribution >= 4 is 5.97 Å². The fourth-order valence-corrected chi connectivity index (χ4v) is 0.264. The van der Waals surface area contributed by atoms with Crippen LogP contribution in [0.4, 0.5) is 0 Å². The third kappa shape index (κ3) is 3.81. The van der Waals surface area contributed by atoms with Crippen molar-refractivity contribution in [2.45, 2.75) is 12.2 Å². The minimum Gasteiger partial charge on any atom is -0.479 e. The van der Waals surface area contributed by atoms with Crippen molar-refractivity contribution in [1.29, 1.82) is 0 Å². The van der Waals surface area contributed by atoms with Crippen molar-refractivity contribution in [3.8, 4) is 0 Å². The molecule has 0 fully saturated rings. The number of carboxylic acids is 1. The number of carbonyl (C=O) groups is 1. The van der Waals surface area contributed by atoms with Crippen LogP contribution in [0, 0.1) is 0 Å². The zero-order chi connectivity index (χ0) is 7.44. The first-order chi connectivity index (χ1) is 4.09. The van der Waals surface area contributed by atoms with Crippen molar-refractivity contribution in [1.82, 2.24) is 0 Å². The fourth-order valence-electron chi connectivity index (χ4n) is 0.264. The van der Waals surface area contributed by atoms with Crippen LogP contribution in [0.25, 0.3) is 0 Å². The third-order valence-electron chi connectivity index (χ3n) is 0.805. The molecule has 0 rings (SSSR count). The average Bonchev–Trinajstić information content (AvgIpc) is 1.84. The van der Waals surface area contributed by atoms with Gasteiger partial charge in [-0.3, -0.25) is 0 Å². The van der Waals surface area contributed by atoms with Crippen LogP contribution in [-0.4, -0.2) is 45.2 Å². The summed E-state index contributed by atoms with van der Waals surface area (Å²) in [5.74, 6) is -1.54. The Morgan fingerprint density at radius 3 is 1.90 bits per heavy atom. The zero-order valence-corrected chi connectivity index (χ0v) is 6.02. The monoisotopic (exact) mass is 192 g/mol. The van der Waals surface area contributed by atoms with E-state index in [9.17, 15) is 4.79 Å². The Morgan fingerprint density at radius 1 is 1.40 bits per heavy atom. The van der Waals surface area contributed by atoms with Gasteiger partial charge in [0, 0.05) is 17.1 Å². The van der Waals surface area contributed by atoms with Crippen LogP contribution in [0.15, 0.2) is 0 Å². The summed E-state index contributed by atoms with van der Waals surface area (Å²) in [6, 6.07) is 0. The van der Waals surface area contributed by atoms with E-state index < -0.39 is 24.8 Å². The van der Waals surface area contributed by atoms with Crippen LogP contribution in [0.1, 0.15) is 0 Å². The number of carboxylic acid groups (broad SMARTS) is 1. The Morgan fingerprint density at radius 2 is 1.80 bits per heavy atom. The van der Waals surface area contributed by atoms with Crippen molar-refractivity contribution in [2.24, 2.45) is 0 Å². The molecular weight excluding hydrogens is 184 g/mol. The summed E-state index contributed by atoms with van der Waals surface area (Å²) in [6.45, 7) is -0.756. The van der Waals surface area contributed by atoms with E-state index in [4.69, 9.17) is 20.4 Å². The summed E-state index contributed by atoms with van der Waals surface area (Å²) in [6.07, 6.45) is -3.49. The van der Waals surface area contributed by atoms with Crippen molar-refractivity contribution in [2.75, 3.05) is 6.61 Å². The number of rotatable bonds is 3. The minimum absolute atomic E-state index is 0. The van der Waals surface area contributed by atoms with Gasteiger partial charge in [0.25, 0.3) is 0 Å². The predicted octanol–water partition coefficient (Wildman–Crippen LogP) is -2.22. The van der Waals surface area contributed by atoms with Gasteiger partial charge in [-0.25, -0.2) is 4.79 Å². The first-order valence-electron chi connectivity index (χ1n) is 2.29. The summed E-state index contributed by atoms with van der Waals surface area (Å²) < 4.78 is 0. The van der Waals surface area contributed by atoms with Crippen molar-refractivity contribution in [3.05, 3.63) is 0 Å². The van der Waals surface area contributed by atoms with E-state index in [1.807, 2.05) is 0 Å². The van der Waals surface area contributed by atoms with Gasteiger partial charge in [0.2, 0.25) is 0 Å². The van der Waals surface area contributed by atoms with Crippen LogP contribution in [0.5, 0.6) is 0 Å². The van der Waals surface area contributed by atoms with Crippen LogP contribution in [0.3, 0.4) is 0 Å². The summed E-state index contributed by atoms with van der Waals surface area (Å²) >= 11 is 0. The quantitative estimate of drug-likeness (QED) is 0.380. The van der Waals surface area contributed by atoms with E-state index in [0.29, 0.717) is 0 Å². The normalized spacial score (nSPS) is 15.1. The van der Waals surface area contributed by atoms with E-state index in [1.165, 1.54) is 0 Å². The molecule has 62 valence electrons. The maximum absolute atomic E-state index is 9.78. The molecule has 0 spiro atoms. The molecule has 0 saturated heterocycles. The minimum atomic E-state index is -1.89. The van der Waals surface area contributed by atoms with Gasteiger partial charge < -0.3 is 20.4 Å². The van der Waals surface area contributed by atoms with E-state index >= 15 is 0 Å². The maximum atomic E-state index is 9.78. The molecule has 0 amide bonds. The van der Waals surface area contributed by atoms with Crippen molar-refractivity contribution in [3.63, 3.8) is 0 Å². The number of aliphatic hydroxyl groups is 3. The fraction of sp³-hybridized carbons (Fsp3) is 0.750. The topological polar surface area (TPSA) is 98.0 Å². The Bertz CT molecular complexity index is 106. The molecule has 0 saturated carbocycles. The number of hydrogen-bond acceptors (Lipinski definition) is 4. The van der Waals surface area contributed by atoms with Gasteiger partial charge in [0.15, 0.2) is 6.10 Å². The molecule has 0 aliphatic carbocycles. The molecule has 0 aromatic heterocycles. The molecule has 0 aliphatic rings. The molecule has 4 N–H and O–H groups in total. The second kappa shape index (κ2) is 5.64. The van der Waals surface area contributed by atoms with Gasteiger partial charge in [-0.05, 0) is 0 Å². The average molecular weight is 192 g/mol. The van der Waals surface area contributed by atoms with E-state index in [0.717, 1.165) is 0 Å². The van der Waals surface area contributed by atoms with Crippen LogP contribution in [0.2, 0.25) is 0 Å². The first kappa shape index (κ1) is 12.5. The Labute approximate surface area is 67.8 Å². The predicted molar refractivity (Wildman–Crippen MR) is 26.7 cm³/mol. The van der Waals surface area contributed by atoms with E-state index in [-0.39, 0.29) is 17.1 Å². The Hall–Kier alpha value is -0.131. The molecule has 6 heteroatoms. The Kier molecular flexibility index (Phi) is 7.07. The second-order valence-corrected chi connectivity index (χ2v) is 1.53. The molecule has 0 aromatic rings. The maximum Gasteiger partial charge on any atom is 0.335 e. The third-order valence-corrected chi connectivity index (χ3v) is 0.805. The summed E-state index contributed by atoms with van der Waals surface area (Å²) in [5.41, 5.74) is 0. The molecule has 2 atom stereocenters. The molecule has 5 nitrogen and oxygen atoms in total. The first-order valence-corrected chi connectivity index (χ1v) is 2.29.